The van der Waals surface area contributed by atoms with Gasteiger partial charge in [0, 0.05) is 5.56 Å². The number of phenolic OH excluding ortho intramolecular Hbond substituents is 2. The molecule has 0 fully saturated rings. The quantitative estimate of drug-likeness (QED) is 0.144. The van der Waals surface area contributed by atoms with Gasteiger partial charge in [0.25, 0.3) is 0 Å². The van der Waals surface area contributed by atoms with Crippen molar-refractivity contribution in [3.8, 4) is 56.2 Å². The summed E-state index contributed by atoms with van der Waals surface area (Å²) in [6.07, 6.45) is 1.28. The standard InChI is InChI=1S/C29H23N3O4S/c30-32-29-31-27-18-7-10-22(11-8-18)35-26-14-17(5-12-24(26)34)4-6-19-15-21(33)9-13-25(19)36-23-3-1-2-20(16-23)28(27)37-29/h1-3,5,7-16,33-34H,4,6,30H2,(H,31,32). The molecule has 7 rings (SSSR count). The monoisotopic (exact) mass is 509 g/mol. The molecule has 0 unspecified atom stereocenters. The molecule has 5 aromatic rings. The van der Waals surface area contributed by atoms with E-state index in [0.717, 1.165) is 32.8 Å². The van der Waals surface area contributed by atoms with E-state index in [1.54, 1.807) is 24.3 Å². The maximum atomic E-state index is 10.4. The van der Waals surface area contributed by atoms with Crippen LogP contribution in [0.1, 0.15) is 11.1 Å². The number of nitrogens with one attached hydrogen (secondary N) is 1. The number of aromatic nitrogens is 1. The zero-order valence-corrected chi connectivity index (χ0v) is 20.5. The Hall–Kier alpha value is -4.53. The Kier molecular flexibility index (Phi) is 5.88. The maximum absolute atomic E-state index is 10.4. The third kappa shape index (κ3) is 4.67. The van der Waals surface area contributed by atoms with Crippen LogP contribution in [-0.4, -0.2) is 15.2 Å². The topological polar surface area (TPSA) is 110 Å². The van der Waals surface area contributed by atoms with Crippen LogP contribution in [0.25, 0.3) is 21.7 Å². The first kappa shape index (κ1) is 22.9. The number of hydrogen-bond acceptors (Lipinski definition) is 8. The van der Waals surface area contributed by atoms with Crippen molar-refractivity contribution in [2.45, 2.75) is 12.8 Å². The molecule has 5 N–H and O–H groups in total. The number of aromatic hydroxyl groups is 2. The Labute approximate surface area is 217 Å². The molecule has 0 saturated heterocycles. The molecule has 2 aliphatic heterocycles. The molecule has 8 heteroatoms. The number of hydrogen-bond donors (Lipinski definition) is 4. The first-order chi connectivity index (χ1) is 18.1. The van der Waals surface area contributed by atoms with Crippen molar-refractivity contribution >= 4 is 16.5 Å². The minimum atomic E-state index is 0.0579. The van der Waals surface area contributed by atoms with Crippen molar-refractivity contribution in [1.82, 2.24) is 4.98 Å². The molecular weight excluding hydrogens is 486 g/mol. The number of thiazole rings is 1. The Morgan fingerprint density at radius 3 is 2.46 bits per heavy atom. The van der Waals surface area contributed by atoms with E-state index >= 15 is 0 Å². The number of anilines is 1. The SMILES string of the molecule is NNc1nc2c(s1)-c1cccc(c1)Oc1ccc(O)cc1CCc1ccc(O)c(c1)Oc1ccc-2cc1. The molecule has 2 aliphatic rings. The number of nitrogen functional groups attached to an aromatic ring is 1. The van der Waals surface area contributed by atoms with Gasteiger partial charge in [-0.3, -0.25) is 5.43 Å². The third-order valence-corrected chi connectivity index (χ3v) is 7.22. The van der Waals surface area contributed by atoms with Crippen LogP contribution in [0.3, 0.4) is 0 Å². The Balaban J connectivity index is 1.51. The smallest absolute Gasteiger partial charge is 0.198 e. The first-order valence-electron chi connectivity index (χ1n) is 11.7. The van der Waals surface area contributed by atoms with Crippen LogP contribution in [0.2, 0.25) is 0 Å². The lowest BCUT2D eigenvalue weighted by Crippen LogP contribution is -2.05. The molecule has 0 saturated carbocycles. The van der Waals surface area contributed by atoms with Gasteiger partial charge in [0.1, 0.15) is 23.0 Å². The number of nitrogens with two attached hydrogens (primary N) is 1. The summed E-state index contributed by atoms with van der Waals surface area (Å²) in [5.41, 5.74) is 7.11. The van der Waals surface area contributed by atoms with Crippen LogP contribution in [0.4, 0.5) is 5.13 Å². The highest BCUT2D eigenvalue weighted by Gasteiger charge is 2.17. The molecule has 1 aromatic heterocycles. The molecule has 3 heterocycles. The van der Waals surface area contributed by atoms with Gasteiger partial charge in [0.05, 0.1) is 10.6 Å². The highest BCUT2D eigenvalue weighted by molar-refractivity contribution is 7.19. The summed E-state index contributed by atoms with van der Waals surface area (Å²) in [6, 6.07) is 25.8. The number of hydrazine groups is 1. The molecular formula is C29H23N3O4S. The number of rotatable bonds is 1. The third-order valence-electron chi connectivity index (χ3n) is 6.18. The summed E-state index contributed by atoms with van der Waals surface area (Å²) in [5.74, 6) is 8.23. The highest BCUT2D eigenvalue weighted by atomic mass is 32.1. The maximum Gasteiger partial charge on any atom is 0.198 e. The molecule has 0 radical (unpaired) electrons. The largest absolute Gasteiger partial charge is 0.508 e. The van der Waals surface area contributed by atoms with E-state index in [0.29, 0.717) is 41.0 Å². The van der Waals surface area contributed by atoms with Crippen LogP contribution in [-0.2, 0) is 12.8 Å². The van der Waals surface area contributed by atoms with Gasteiger partial charge in [0.2, 0.25) is 0 Å². The van der Waals surface area contributed by atoms with E-state index in [2.05, 4.69) is 5.43 Å². The minimum Gasteiger partial charge on any atom is -0.508 e. The van der Waals surface area contributed by atoms with Gasteiger partial charge in [-0.2, -0.15) is 0 Å². The summed E-state index contributed by atoms with van der Waals surface area (Å²) < 4.78 is 12.3. The number of fused-ring (bicyclic) bond motifs is 3. The fraction of sp³-hybridized carbons (Fsp3) is 0.0690. The molecule has 4 aromatic carbocycles. The summed E-state index contributed by atoms with van der Waals surface area (Å²) in [7, 11) is 0. The molecule has 0 spiro atoms. The summed E-state index contributed by atoms with van der Waals surface area (Å²) >= 11 is 1.45. The Bertz CT molecular complexity index is 1600. The van der Waals surface area contributed by atoms with Gasteiger partial charge in [-0.05, 0) is 96.3 Å². The molecule has 0 amide bonds. The second kappa shape index (κ2) is 9.50. The molecule has 0 atom stereocenters. The van der Waals surface area contributed by atoms with Crippen LogP contribution >= 0.6 is 11.3 Å². The van der Waals surface area contributed by atoms with Crippen LogP contribution in [0.15, 0.2) is 84.9 Å². The molecule has 6 bridgehead atoms. The van der Waals surface area contributed by atoms with E-state index < -0.39 is 0 Å². The average molecular weight is 510 g/mol. The van der Waals surface area contributed by atoms with Crippen molar-refractivity contribution in [3.63, 3.8) is 0 Å². The first-order valence-corrected chi connectivity index (χ1v) is 12.6. The predicted molar refractivity (Wildman–Crippen MR) is 145 cm³/mol. The Morgan fingerprint density at radius 2 is 1.62 bits per heavy atom. The summed E-state index contributed by atoms with van der Waals surface area (Å²) in [6.45, 7) is 0. The Morgan fingerprint density at radius 1 is 0.784 bits per heavy atom. The van der Waals surface area contributed by atoms with E-state index in [-0.39, 0.29) is 11.5 Å². The van der Waals surface area contributed by atoms with Crippen molar-refractivity contribution in [1.29, 1.82) is 0 Å². The summed E-state index contributed by atoms with van der Waals surface area (Å²) in [5, 5.41) is 21.1. The average Bonchev–Trinajstić information content (AvgIpc) is 3.35. The van der Waals surface area contributed by atoms with Crippen molar-refractivity contribution in [2.24, 2.45) is 5.84 Å². The normalized spacial score (nSPS) is 12.4. The van der Waals surface area contributed by atoms with E-state index in [9.17, 15) is 10.2 Å². The van der Waals surface area contributed by atoms with Crippen LogP contribution < -0.4 is 20.7 Å². The predicted octanol–water partition coefficient (Wildman–Crippen LogP) is 6.86. The summed E-state index contributed by atoms with van der Waals surface area (Å²) in [4.78, 5) is 5.63. The minimum absolute atomic E-state index is 0.0579. The van der Waals surface area contributed by atoms with E-state index in [4.69, 9.17) is 20.3 Å². The van der Waals surface area contributed by atoms with E-state index in [1.807, 2.05) is 60.7 Å². The molecule has 37 heavy (non-hydrogen) atoms. The zero-order chi connectivity index (χ0) is 25.4. The second-order valence-corrected chi connectivity index (χ2v) is 9.69. The van der Waals surface area contributed by atoms with Gasteiger partial charge in [-0.25, -0.2) is 10.8 Å². The number of aryl methyl sites for hydroxylation is 2. The second-order valence-electron chi connectivity index (χ2n) is 8.69. The lowest BCUT2D eigenvalue weighted by atomic mass is 10.0. The van der Waals surface area contributed by atoms with Gasteiger partial charge in [-0.15, -0.1) is 0 Å². The van der Waals surface area contributed by atoms with Crippen molar-refractivity contribution in [2.75, 3.05) is 5.43 Å². The number of phenols is 2. The van der Waals surface area contributed by atoms with Crippen LogP contribution in [0.5, 0.6) is 34.5 Å². The van der Waals surface area contributed by atoms with Crippen LogP contribution in [0, 0.1) is 0 Å². The number of benzene rings is 4. The highest BCUT2D eigenvalue weighted by Crippen LogP contribution is 2.42. The van der Waals surface area contributed by atoms with Crippen molar-refractivity contribution in [3.05, 3.63) is 96.1 Å². The number of nitrogens with zero attached hydrogens (tertiary/aromatic N) is 1. The van der Waals surface area contributed by atoms with Gasteiger partial charge in [-0.1, -0.05) is 29.5 Å². The zero-order valence-electron chi connectivity index (χ0n) is 19.6. The molecule has 184 valence electrons. The van der Waals surface area contributed by atoms with Crippen molar-refractivity contribution < 1.29 is 19.7 Å². The lowest BCUT2D eigenvalue weighted by Gasteiger charge is -2.14. The van der Waals surface area contributed by atoms with E-state index in [1.165, 1.54) is 11.3 Å². The van der Waals surface area contributed by atoms with Gasteiger partial charge in [0.15, 0.2) is 16.6 Å². The fourth-order valence-corrected chi connectivity index (χ4v) is 5.24. The molecule has 0 aliphatic carbocycles. The lowest BCUT2D eigenvalue weighted by molar-refractivity contribution is 0.410. The van der Waals surface area contributed by atoms with Gasteiger partial charge < -0.3 is 19.7 Å². The molecule has 7 nitrogen and oxygen atoms in total. The van der Waals surface area contributed by atoms with Gasteiger partial charge >= 0.3 is 0 Å². The number of ether oxygens (including phenoxy) is 2. The fourth-order valence-electron chi connectivity index (χ4n) is 4.34.